The van der Waals surface area contributed by atoms with Gasteiger partial charge in [-0.1, -0.05) is 87.2 Å². The van der Waals surface area contributed by atoms with Crippen molar-refractivity contribution in [2.45, 2.75) is 57.8 Å². The Hall–Kier alpha value is -1.38. The Morgan fingerprint density at radius 3 is 2.21 bits per heavy atom. The Morgan fingerprint density at radius 1 is 0.917 bits per heavy atom. The van der Waals surface area contributed by atoms with Gasteiger partial charge in [-0.2, -0.15) is 0 Å². The first-order chi connectivity index (χ1) is 11.9. The summed E-state index contributed by atoms with van der Waals surface area (Å²) in [5, 5.41) is 0. The maximum Gasteiger partial charge on any atom is 0.246 e. The third kappa shape index (κ3) is 5.92. The van der Waals surface area contributed by atoms with E-state index in [0.717, 1.165) is 18.9 Å². The van der Waals surface area contributed by atoms with E-state index in [-0.39, 0.29) is 0 Å². The molecule has 2 aromatic carbocycles. The topological polar surface area (TPSA) is 9.23 Å². The van der Waals surface area contributed by atoms with Gasteiger partial charge in [0.1, 0.15) is 0 Å². The molecular formula is C22H29OSi. The van der Waals surface area contributed by atoms with E-state index < -0.39 is 0 Å². The van der Waals surface area contributed by atoms with Crippen LogP contribution in [0.5, 0.6) is 0 Å². The van der Waals surface area contributed by atoms with Gasteiger partial charge in [-0.3, -0.25) is 0 Å². The molecule has 0 unspecified atom stereocenters. The largest absolute Gasteiger partial charge is 0.419 e. The molecular weight excluding hydrogens is 308 g/mol. The third-order valence-electron chi connectivity index (χ3n) is 4.69. The van der Waals surface area contributed by atoms with Crippen LogP contribution >= 0.6 is 0 Å². The molecule has 0 spiro atoms. The number of benzene rings is 2. The average molecular weight is 338 g/mol. The van der Waals surface area contributed by atoms with Gasteiger partial charge < -0.3 is 4.43 Å². The van der Waals surface area contributed by atoms with Crippen molar-refractivity contribution in [3.63, 3.8) is 0 Å². The Bertz CT molecular complexity index is 557. The first kappa shape index (κ1) is 18.9. The fraction of sp³-hybridized carbons (Fsp3) is 0.455. The highest BCUT2D eigenvalue weighted by molar-refractivity contribution is 5.97. The van der Waals surface area contributed by atoms with Crippen LogP contribution in [0.3, 0.4) is 0 Å². The van der Waals surface area contributed by atoms with Gasteiger partial charge in [-0.15, -0.1) is 0 Å². The molecule has 0 bridgehead atoms. The molecule has 127 valence electrons. The van der Waals surface area contributed by atoms with Crippen LogP contribution in [-0.4, -0.2) is 17.1 Å². The summed E-state index contributed by atoms with van der Waals surface area (Å²) in [4.78, 5) is 0. The molecule has 2 aromatic rings. The van der Waals surface area contributed by atoms with Crippen molar-refractivity contribution in [1.29, 1.82) is 0 Å². The second kappa shape index (κ2) is 11.2. The highest BCUT2D eigenvalue weighted by Crippen LogP contribution is 2.37. The number of rotatable bonds is 5. The molecule has 0 atom stereocenters. The molecule has 1 aliphatic carbocycles. The van der Waals surface area contributed by atoms with E-state index in [4.69, 9.17) is 0 Å². The van der Waals surface area contributed by atoms with Gasteiger partial charge in [0, 0.05) is 6.61 Å². The molecule has 0 saturated heterocycles. The lowest BCUT2D eigenvalue weighted by Gasteiger charge is -2.24. The van der Waals surface area contributed by atoms with E-state index in [1.807, 2.05) is 0 Å². The number of unbranched alkanes of at least 4 members (excludes halogenated alkanes) is 1. The van der Waals surface area contributed by atoms with E-state index in [1.54, 1.807) is 5.56 Å². The minimum absolute atomic E-state index is 0.773. The second-order valence-corrected chi connectivity index (χ2v) is 6.78. The van der Waals surface area contributed by atoms with Crippen LogP contribution in [0.15, 0.2) is 54.6 Å². The van der Waals surface area contributed by atoms with Gasteiger partial charge in [-0.25, -0.2) is 0 Å². The van der Waals surface area contributed by atoms with Gasteiger partial charge in [0.25, 0.3) is 0 Å². The fourth-order valence-corrected chi connectivity index (χ4v) is 3.51. The smallest absolute Gasteiger partial charge is 0.246 e. The molecule has 0 aromatic heterocycles. The summed E-state index contributed by atoms with van der Waals surface area (Å²) in [6.45, 7) is 2.96. The van der Waals surface area contributed by atoms with Crippen molar-refractivity contribution in [2.24, 2.45) is 0 Å². The molecule has 1 fully saturated rings. The minimum Gasteiger partial charge on any atom is -0.419 e. The molecule has 3 rings (SSSR count). The zero-order valence-corrected chi connectivity index (χ0v) is 15.8. The molecule has 1 aliphatic rings. The molecule has 0 heterocycles. The van der Waals surface area contributed by atoms with Gasteiger partial charge in [0.15, 0.2) is 0 Å². The average Bonchev–Trinajstić information content (AvgIpc) is 2.68. The lowest BCUT2D eigenvalue weighted by atomic mass is 9.81. The van der Waals surface area contributed by atoms with Crippen molar-refractivity contribution in [1.82, 2.24) is 0 Å². The summed E-state index contributed by atoms with van der Waals surface area (Å²) >= 11 is 0. The molecule has 1 nitrogen and oxygen atoms in total. The van der Waals surface area contributed by atoms with Crippen LogP contribution in [0.1, 0.15) is 63.4 Å². The normalized spacial score (nSPS) is 14.8. The van der Waals surface area contributed by atoms with Crippen LogP contribution in [0, 0.1) is 0 Å². The van der Waals surface area contributed by atoms with E-state index in [9.17, 15) is 0 Å². The summed E-state index contributed by atoms with van der Waals surface area (Å²) in [6.07, 6.45) is 9.28. The van der Waals surface area contributed by atoms with Gasteiger partial charge in [0.05, 0.1) is 0 Å². The van der Waals surface area contributed by atoms with E-state index >= 15 is 0 Å². The Balaban J connectivity index is 0.000000301. The van der Waals surface area contributed by atoms with Crippen LogP contribution < -0.4 is 0 Å². The summed E-state index contributed by atoms with van der Waals surface area (Å²) in [5.74, 6) is 0.773. The second-order valence-electron chi connectivity index (χ2n) is 6.49. The monoisotopic (exact) mass is 337 g/mol. The molecule has 0 aliphatic heterocycles. The molecule has 0 amide bonds. The number of hydrogen-bond acceptors (Lipinski definition) is 1. The van der Waals surface area contributed by atoms with Crippen LogP contribution in [-0.2, 0) is 4.43 Å². The summed E-state index contributed by atoms with van der Waals surface area (Å²) in [6, 6.07) is 19.8. The lowest BCUT2D eigenvalue weighted by molar-refractivity contribution is 0.339. The van der Waals surface area contributed by atoms with Crippen LogP contribution in [0.25, 0.3) is 11.1 Å². The maximum atomic E-state index is 4.59. The molecule has 24 heavy (non-hydrogen) atoms. The van der Waals surface area contributed by atoms with Crippen molar-refractivity contribution in [3.8, 4) is 11.1 Å². The first-order valence-electron chi connectivity index (χ1n) is 9.29. The molecule has 3 radical (unpaired) electrons. The van der Waals surface area contributed by atoms with Crippen molar-refractivity contribution >= 4 is 10.5 Å². The highest BCUT2D eigenvalue weighted by Gasteiger charge is 2.18. The first-order valence-corrected chi connectivity index (χ1v) is 9.70. The Morgan fingerprint density at radius 2 is 1.58 bits per heavy atom. The van der Waals surface area contributed by atoms with Gasteiger partial charge >= 0.3 is 0 Å². The SMILES string of the molecule is CCCCO[Si].c1ccc(-c2ccccc2C2CCCCC2)cc1. The van der Waals surface area contributed by atoms with Crippen LogP contribution in [0.2, 0.25) is 0 Å². The molecule has 0 N–H and O–H groups in total. The lowest BCUT2D eigenvalue weighted by Crippen LogP contribution is -2.05. The summed E-state index contributed by atoms with van der Waals surface area (Å²) in [7, 11) is 2.89. The Kier molecular flexibility index (Phi) is 8.86. The zero-order chi connectivity index (χ0) is 17.0. The van der Waals surface area contributed by atoms with E-state index in [1.165, 1.54) is 49.7 Å². The van der Waals surface area contributed by atoms with Crippen molar-refractivity contribution in [3.05, 3.63) is 60.2 Å². The van der Waals surface area contributed by atoms with Gasteiger partial charge in [0.2, 0.25) is 10.5 Å². The fourth-order valence-electron chi connectivity index (χ4n) is 3.36. The zero-order valence-electron chi connectivity index (χ0n) is 14.8. The van der Waals surface area contributed by atoms with E-state index in [2.05, 4.69) is 76.4 Å². The predicted octanol–water partition coefficient (Wildman–Crippen LogP) is 6.29. The quantitative estimate of drug-likeness (QED) is 0.460. The summed E-state index contributed by atoms with van der Waals surface area (Å²) in [5.41, 5.74) is 4.35. The van der Waals surface area contributed by atoms with Gasteiger partial charge in [-0.05, 0) is 41.9 Å². The molecule has 2 heteroatoms. The predicted molar refractivity (Wildman–Crippen MR) is 104 cm³/mol. The number of hydrogen-bond donors (Lipinski definition) is 0. The van der Waals surface area contributed by atoms with E-state index in [0.29, 0.717) is 0 Å². The van der Waals surface area contributed by atoms with Crippen LogP contribution in [0.4, 0.5) is 0 Å². The van der Waals surface area contributed by atoms with Crippen molar-refractivity contribution in [2.75, 3.05) is 6.61 Å². The minimum atomic E-state index is 0.773. The van der Waals surface area contributed by atoms with Crippen molar-refractivity contribution < 1.29 is 4.43 Å². The third-order valence-corrected chi connectivity index (χ3v) is 4.89. The Labute approximate surface area is 151 Å². The maximum absolute atomic E-state index is 4.59. The summed E-state index contributed by atoms with van der Waals surface area (Å²) < 4.78 is 4.59. The highest BCUT2D eigenvalue weighted by atomic mass is 28.2. The molecule has 1 saturated carbocycles. The standard InChI is InChI=1S/C18H20.C4H9OSi/c1-3-9-15(10-4-1)17-13-7-8-14-18(17)16-11-5-2-6-12-16;1-2-3-4-5-6/h1,3-4,7-10,13-14,16H,2,5-6,11-12H2;2-4H2,1H3.